The Kier molecular flexibility index (Phi) is 6.64. The van der Waals surface area contributed by atoms with Crippen LogP contribution in [0.5, 0.6) is 0 Å². The summed E-state index contributed by atoms with van der Waals surface area (Å²) in [7, 11) is -3.16. The van der Waals surface area contributed by atoms with Crippen LogP contribution in [0.2, 0.25) is 0 Å². The van der Waals surface area contributed by atoms with Crippen LogP contribution in [-0.4, -0.2) is 33.2 Å². The number of amides is 1. The summed E-state index contributed by atoms with van der Waals surface area (Å²) in [4.78, 5) is 12.0. The average Bonchev–Trinajstić information content (AvgIpc) is 2.88. The van der Waals surface area contributed by atoms with E-state index in [9.17, 15) is 13.2 Å². The largest absolute Gasteiger partial charge is 0.352 e. The van der Waals surface area contributed by atoms with Gasteiger partial charge in [0.2, 0.25) is 5.91 Å². The van der Waals surface area contributed by atoms with Crippen LogP contribution < -0.4 is 10.6 Å². The van der Waals surface area contributed by atoms with Crippen LogP contribution in [0.4, 0.5) is 0 Å². The molecular formula is C14H21ClN2O3S. The van der Waals surface area contributed by atoms with E-state index >= 15 is 0 Å². The van der Waals surface area contributed by atoms with Crippen LogP contribution in [0.25, 0.3) is 0 Å². The fourth-order valence-corrected chi connectivity index (χ4v) is 2.91. The molecule has 5 nitrogen and oxygen atoms in total. The summed E-state index contributed by atoms with van der Waals surface area (Å²) >= 11 is 0. The molecule has 0 aromatic heterocycles. The SMILES string of the molecule is CS(=O)(=O)c1ccc(CNC(=O)CC2CCCN2)cc1.Cl. The molecule has 118 valence electrons. The van der Waals surface area contributed by atoms with E-state index in [2.05, 4.69) is 10.6 Å². The van der Waals surface area contributed by atoms with Crippen molar-refractivity contribution in [2.24, 2.45) is 0 Å². The zero-order valence-corrected chi connectivity index (χ0v) is 13.6. The van der Waals surface area contributed by atoms with Crippen molar-refractivity contribution >= 4 is 28.2 Å². The van der Waals surface area contributed by atoms with Crippen molar-refractivity contribution in [3.8, 4) is 0 Å². The van der Waals surface area contributed by atoms with Crippen molar-refractivity contribution in [3.63, 3.8) is 0 Å². The Labute approximate surface area is 131 Å². The monoisotopic (exact) mass is 332 g/mol. The van der Waals surface area contributed by atoms with Crippen molar-refractivity contribution in [2.45, 2.75) is 36.7 Å². The number of carbonyl (C=O) groups is 1. The highest BCUT2D eigenvalue weighted by Gasteiger charge is 2.17. The third kappa shape index (κ3) is 5.65. The Hall–Kier alpha value is -1.11. The number of carbonyl (C=O) groups excluding carboxylic acids is 1. The molecule has 0 saturated carbocycles. The van der Waals surface area contributed by atoms with Crippen LogP contribution in [0.3, 0.4) is 0 Å². The molecule has 1 aromatic carbocycles. The first kappa shape index (κ1) is 17.9. The standard InChI is InChI=1S/C14H20N2O3S.ClH/c1-20(18,19)13-6-4-11(5-7-13)10-16-14(17)9-12-3-2-8-15-12;/h4-7,12,15H,2-3,8-10H2,1H3,(H,16,17);1H. The van der Waals surface area contributed by atoms with Crippen LogP contribution in [-0.2, 0) is 21.2 Å². The van der Waals surface area contributed by atoms with E-state index in [1.54, 1.807) is 24.3 Å². The van der Waals surface area contributed by atoms with Gasteiger partial charge in [0.25, 0.3) is 0 Å². The molecule has 2 N–H and O–H groups in total. The lowest BCUT2D eigenvalue weighted by atomic mass is 10.1. The van der Waals surface area contributed by atoms with Gasteiger partial charge < -0.3 is 10.6 Å². The molecule has 1 amide bonds. The smallest absolute Gasteiger partial charge is 0.221 e. The minimum atomic E-state index is -3.16. The van der Waals surface area contributed by atoms with Crippen LogP contribution >= 0.6 is 12.4 Å². The van der Waals surface area contributed by atoms with Crippen molar-refractivity contribution in [2.75, 3.05) is 12.8 Å². The molecule has 1 heterocycles. The number of rotatable bonds is 5. The van der Waals surface area contributed by atoms with E-state index in [0.29, 0.717) is 23.9 Å². The van der Waals surface area contributed by atoms with Gasteiger partial charge >= 0.3 is 0 Å². The summed E-state index contributed by atoms with van der Waals surface area (Å²) in [5, 5.41) is 6.14. The molecule has 1 unspecified atom stereocenters. The number of hydrogen-bond donors (Lipinski definition) is 2. The van der Waals surface area contributed by atoms with Crippen LogP contribution in [0.15, 0.2) is 29.2 Å². The normalized spacial score (nSPS) is 18.0. The summed E-state index contributed by atoms with van der Waals surface area (Å²) in [6.45, 7) is 1.42. The van der Waals surface area contributed by atoms with Gasteiger partial charge in [0, 0.05) is 25.3 Å². The summed E-state index contributed by atoms with van der Waals surface area (Å²) in [6.07, 6.45) is 3.86. The topological polar surface area (TPSA) is 75.3 Å². The predicted octanol–water partition coefficient (Wildman–Crippen LogP) is 1.27. The Balaban J connectivity index is 0.00000220. The second kappa shape index (κ2) is 7.77. The lowest BCUT2D eigenvalue weighted by Crippen LogP contribution is -2.31. The van der Waals surface area contributed by atoms with Gasteiger partial charge in [-0.05, 0) is 37.1 Å². The molecule has 1 fully saturated rings. The Morgan fingerprint density at radius 1 is 1.33 bits per heavy atom. The second-order valence-electron chi connectivity index (χ2n) is 5.19. The maximum absolute atomic E-state index is 11.8. The van der Waals surface area contributed by atoms with Gasteiger partial charge in [-0.15, -0.1) is 12.4 Å². The molecule has 1 aliphatic rings. The van der Waals surface area contributed by atoms with Gasteiger partial charge in [0.15, 0.2) is 9.84 Å². The number of nitrogens with one attached hydrogen (secondary N) is 2. The molecule has 1 aliphatic heterocycles. The van der Waals surface area contributed by atoms with Crippen molar-refractivity contribution < 1.29 is 13.2 Å². The van der Waals surface area contributed by atoms with Gasteiger partial charge in [-0.3, -0.25) is 4.79 Å². The Morgan fingerprint density at radius 3 is 2.52 bits per heavy atom. The minimum Gasteiger partial charge on any atom is -0.352 e. The summed E-state index contributed by atoms with van der Waals surface area (Å²) in [5.74, 6) is 0.0246. The average molecular weight is 333 g/mol. The van der Waals surface area contributed by atoms with Crippen LogP contribution in [0.1, 0.15) is 24.8 Å². The molecule has 2 rings (SSSR count). The van der Waals surface area contributed by atoms with E-state index in [0.717, 1.165) is 24.9 Å². The summed E-state index contributed by atoms with van der Waals surface area (Å²) in [5.41, 5.74) is 0.894. The van der Waals surface area contributed by atoms with Crippen LogP contribution in [0, 0.1) is 0 Å². The number of halogens is 1. The first-order chi connectivity index (χ1) is 9.45. The Morgan fingerprint density at radius 2 is 2.00 bits per heavy atom. The van der Waals surface area contributed by atoms with Crippen molar-refractivity contribution in [1.29, 1.82) is 0 Å². The Bertz CT molecular complexity index is 566. The quantitative estimate of drug-likeness (QED) is 0.851. The lowest BCUT2D eigenvalue weighted by molar-refractivity contribution is -0.121. The van der Waals surface area contributed by atoms with Crippen molar-refractivity contribution in [3.05, 3.63) is 29.8 Å². The number of benzene rings is 1. The fraction of sp³-hybridized carbons (Fsp3) is 0.500. The molecule has 7 heteroatoms. The minimum absolute atomic E-state index is 0. The highest BCUT2D eigenvalue weighted by atomic mass is 35.5. The van der Waals surface area contributed by atoms with Crippen molar-refractivity contribution in [1.82, 2.24) is 10.6 Å². The third-order valence-corrected chi connectivity index (χ3v) is 4.56. The zero-order valence-electron chi connectivity index (χ0n) is 12.0. The second-order valence-corrected chi connectivity index (χ2v) is 7.21. The maximum Gasteiger partial charge on any atom is 0.221 e. The zero-order chi connectivity index (χ0) is 14.6. The molecule has 21 heavy (non-hydrogen) atoms. The van der Waals surface area contributed by atoms with Gasteiger partial charge in [-0.1, -0.05) is 12.1 Å². The third-order valence-electron chi connectivity index (χ3n) is 3.44. The summed E-state index contributed by atoms with van der Waals surface area (Å²) in [6, 6.07) is 6.88. The molecule has 1 aromatic rings. The molecular weight excluding hydrogens is 312 g/mol. The van der Waals surface area contributed by atoms with E-state index < -0.39 is 9.84 Å². The predicted molar refractivity (Wildman–Crippen MR) is 84.3 cm³/mol. The summed E-state index contributed by atoms with van der Waals surface area (Å²) < 4.78 is 22.7. The highest BCUT2D eigenvalue weighted by Crippen LogP contribution is 2.11. The first-order valence-corrected chi connectivity index (χ1v) is 8.63. The van der Waals surface area contributed by atoms with Gasteiger partial charge in [-0.2, -0.15) is 0 Å². The van der Waals surface area contributed by atoms with E-state index in [1.807, 2.05) is 0 Å². The number of sulfone groups is 1. The molecule has 0 spiro atoms. The van der Waals surface area contributed by atoms with Gasteiger partial charge in [0.05, 0.1) is 4.90 Å². The van der Waals surface area contributed by atoms with Gasteiger partial charge in [-0.25, -0.2) is 8.42 Å². The first-order valence-electron chi connectivity index (χ1n) is 6.74. The molecule has 1 saturated heterocycles. The lowest BCUT2D eigenvalue weighted by Gasteiger charge is -2.10. The molecule has 0 aliphatic carbocycles. The molecule has 0 bridgehead atoms. The molecule has 1 atom stereocenters. The maximum atomic E-state index is 11.8. The number of hydrogen-bond acceptors (Lipinski definition) is 4. The van der Waals surface area contributed by atoms with E-state index in [-0.39, 0.29) is 18.3 Å². The van der Waals surface area contributed by atoms with E-state index in [4.69, 9.17) is 0 Å². The van der Waals surface area contributed by atoms with Gasteiger partial charge in [0.1, 0.15) is 0 Å². The molecule has 0 radical (unpaired) electrons. The highest BCUT2D eigenvalue weighted by molar-refractivity contribution is 7.90. The fourth-order valence-electron chi connectivity index (χ4n) is 2.28. The van der Waals surface area contributed by atoms with E-state index in [1.165, 1.54) is 6.26 Å².